The number of amides is 3. The van der Waals surface area contributed by atoms with Crippen LogP contribution in [0.2, 0.25) is 0 Å². The number of carbonyl (C=O) groups is 2. The molecule has 7 heterocycles. The molecule has 16 heteroatoms. The van der Waals surface area contributed by atoms with Crippen molar-refractivity contribution in [2.75, 3.05) is 29.4 Å². The number of phenolic OH excluding ortho intramolecular Hbond substituents is 1. The first-order chi connectivity index (χ1) is 30.3. The minimum absolute atomic E-state index is 0.0113. The normalized spacial score (nSPS) is 18.1. The van der Waals surface area contributed by atoms with Gasteiger partial charge in [-0.3, -0.25) is 9.69 Å². The van der Waals surface area contributed by atoms with Gasteiger partial charge < -0.3 is 29.9 Å². The second kappa shape index (κ2) is 17.1. The number of rotatable bonds is 10. The molecule has 14 nitrogen and oxygen atoms in total. The van der Waals surface area contributed by atoms with E-state index in [0.29, 0.717) is 22.9 Å². The van der Waals surface area contributed by atoms with Crippen molar-refractivity contribution in [1.29, 1.82) is 0 Å². The van der Waals surface area contributed by atoms with Crippen molar-refractivity contribution >= 4 is 56.5 Å². The summed E-state index contributed by atoms with van der Waals surface area (Å²) >= 11 is 3.27. The highest BCUT2D eigenvalue weighted by Crippen LogP contribution is 2.41. The number of aryl methyl sites for hydroxylation is 3. The minimum Gasteiger partial charge on any atom is -0.507 e. The Morgan fingerprint density at radius 2 is 1.75 bits per heavy atom. The quantitative estimate of drug-likeness (QED) is 0.120. The van der Waals surface area contributed by atoms with E-state index in [0.717, 1.165) is 68.4 Å². The standard InChI is InChI=1S/C47H49N9O5S2/c1-25(2)56(47(60)55-23-33(57)18-39(55)45(59)50-28(5)30-11-13-31(14-12-30)44-29(6)49-24-62-44)42-20-38(53-61-42)36-21-48-41(17-26(36)3)54-16-15-32(22-54)43-27(4)35-19-37(51-52-46(35)63-43)34-9-7-8-10-40(34)58/h7-14,17,19-21,24-25,28,32-33,39,57-58H,15-16,18,22-23H2,1-6H3,(H,50,59)/t28-,32?,33+,39-/m0/s1. The van der Waals surface area contributed by atoms with E-state index in [1.54, 1.807) is 47.1 Å². The highest BCUT2D eigenvalue weighted by atomic mass is 32.1. The molecule has 2 aliphatic rings. The number of thiazole rings is 1. The van der Waals surface area contributed by atoms with Crippen LogP contribution in [0.25, 0.3) is 43.2 Å². The van der Waals surface area contributed by atoms with E-state index < -0.39 is 18.2 Å². The number of fused-ring (bicyclic) bond motifs is 1. The van der Waals surface area contributed by atoms with E-state index in [1.807, 2.05) is 82.6 Å². The highest BCUT2D eigenvalue weighted by molar-refractivity contribution is 7.19. The molecule has 4 atom stereocenters. The van der Waals surface area contributed by atoms with Crippen LogP contribution < -0.4 is 15.1 Å². The highest BCUT2D eigenvalue weighted by Gasteiger charge is 2.42. The number of anilines is 2. The van der Waals surface area contributed by atoms with Gasteiger partial charge in [-0.15, -0.1) is 32.9 Å². The Morgan fingerprint density at radius 3 is 2.48 bits per heavy atom. The summed E-state index contributed by atoms with van der Waals surface area (Å²) in [6.07, 6.45) is 2.04. The summed E-state index contributed by atoms with van der Waals surface area (Å²) in [6, 6.07) is 19.0. The molecule has 2 saturated heterocycles. The monoisotopic (exact) mass is 883 g/mol. The maximum Gasteiger partial charge on any atom is 0.327 e. The van der Waals surface area contributed by atoms with Gasteiger partial charge in [0, 0.05) is 71.7 Å². The van der Waals surface area contributed by atoms with Crippen LogP contribution >= 0.6 is 22.7 Å². The van der Waals surface area contributed by atoms with Crippen LogP contribution in [-0.4, -0.2) is 90.2 Å². The van der Waals surface area contributed by atoms with Crippen LogP contribution in [0.5, 0.6) is 5.75 Å². The van der Waals surface area contributed by atoms with Crippen molar-refractivity contribution in [3.8, 4) is 38.7 Å². The molecule has 2 aliphatic heterocycles. The van der Waals surface area contributed by atoms with Crippen molar-refractivity contribution < 1.29 is 24.3 Å². The zero-order valence-corrected chi connectivity index (χ0v) is 37.6. The lowest BCUT2D eigenvalue weighted by molar-refractivity contribution is -0.125. The Labute approximate surface area is 373 Å². The van der Waals surface area contributed by atoms with Gasteiger partial charge in [0.2, 0.25) is 11.8 Å². The minimum atomic E-state index is -0.874. The number of urea groups is 1. The van der Waals surface area contributed by atoms with E-state index in [4.69, 9.17) is 9.51 Å². The Kier molecular flexibility index (Phi) is 11.5. The maximum atomic E-state index is 14.3. The van der Waals surface area contributed by atoms with Crippen LogP contribution in [0, 0.1) is 20.8 Å². The van der Waals surface area contributed by atoms with Crippen LogP contribution in [0.15, 0.2) is 83.0 Å². The summed E-state index contributed by atoms with van der Waals surface area (Å²) < 4.78 is 5.84. The van der Waals surface area contributed by atoms with Crippen LogP contribution in [0.3, 0.4) is 0 Å². The number of aromatic hydroxyl groups is 1. The van der Waals surface area contributed by atoms with Gasteiger partial charge in [-0.25, -0.2) is 14.8 Å². The number of nitrogens with one attached hydrogen (secondary N) is 1. The molecule has 5 aromatic heterocycles. The smallest absolute Gasteiger partial charge is 0.327 e. The van der Waals surface area contributed by atoms with Crippen molar-refractivity contribution in [3.05, 3.63) is 106 Å². The molecule has 0 spiro atoms. The molecule has 2 fully saturated rings. The number of aliphatic hydroxyl groups is 1. The fraction of sp³-hybridized carbons (Fsp3) is 0.340. The molecular weight excluding hydrogens is 835 g/mol. The largest absolute Gasteiger partial charge is 0.507 e. The Balaban J connectivity index is 0.868. The molecule has 0 radical (unpaired) electrons. The average Bonchev–Trinajstić information content (AvgIpc) is 4.13. The number of aromatic nitrogens is 5. The number of β-amino-alcohol motifs (C(OH)–C–C–N with tert-alkyl or cyclic N) is 1. The summed E-state index contributed by atoms with van der Waals surface area (Å²) in [5, 5.41) is 38.6. The molecule has 3 amide bonds. The van der Waals surface area contributed by atoms with E-state index in [2.05, 4.69) is 43.5 Å². The first-order valence-electron chi connectivity index (χ1n) is 21.2. The van der Waals surface area contributed by atoms with Gasteiger partial charge in [-0.05, 0) is 94.5 Å². The first-order valence-corrected chi connectivity index (χ1v) is 22.9. The van der Waals surface area contributed by atoms with Gasteiger partial charge in [0.15, 0.2) is 0 Å². The fourth-order valence-electron chi connectivity index (χ4n) is 8.80. The zero-order valence-electron chi connectivity index (χ0n) is 35.9. The van der Waals surface area contributed by atoms with Crippen molar-refractivity contribution in [1.82, 2.24) is 35.5 Å². The van der Waals surface area contributed by atoms with Crippen LogP contribution in [-0.2, 0) is 4.79 Å². The number of nitrogens with zero attached hydrogens (tertiary/aromatic N) is 8. The SMILES string of the molecule is Cc1cc(N2CCC(c3sc4nnc(-c5ccccc5O)cc4c3C)C2)ncc1-c1cc(N(C(=O)N2C[C@H](O)C[C@H]2C(=O)N[C@@H](C)c2ccc(-c3scnc3C)cc2)C(C)C)on1. The van der Waals surface area contributed by atoms with Gasteiger partial charge in [0.05, 0.1) is 33.9 Å². The number of para-hydroxylation sites is 1. The van der Waals surface area contributed by atoms with E-state index in [-0.39, 0.29) is 42.6 Å². The molecule has 0 saturated carbocycles. The van der Waals surface area contributed by atoms with Crippen LogP contribution in [0.1, 0.15) is 72.8 Å². The third-order valence-corrected chi connectivity index (χ3v) is 14.6. The van der Waals surface area contributed by atoms with Gasteiger partial charge >= 0.3 is 6.03 Å². The second-order valence-electron chi connectivity index (χ2n) is 16.8. The lowest BCUT2D eigenvalue weighted by Crippen LogP contribution is -2.53. The number of phenols is 1. The number of hydrogen-bond donors (Lipinski definition) is 3. The third-order valence-electron chi connectivity index (χ3n) is 12.2. The Bertz CT molecular complexity index is 2820. The van der Waals surface area contributed by atoms with Crippen molar-refractivity contribution in [3.63, 3.8) is 0 Å². The van der Waals surface area contributed by atoms with Gasteiger partial charge in [0.1, 0.15) is 28.1 Å². The number of hydrogen-bond acceptors (Lipinski definition) is 13. The molecule has 63 heavy (non-hydrogen) atoms. The number of benzene rings is 2. The lowest BCUT2D eigenvalue weighted by Gasteiger charge is -2.32. The van der Waals surface area contributed by atoms with E-state index in [9.17, 15) is 19.8 Å². The number of likely N-dealkylation sites (tertiary alicyclic amines) is 1. The Hall–Kier alpha value is -6.23. The molecular formula is C47H49N9O5S2. The molecule has 7 aromatic rings. The van der Waals surface area contributed by atoms with E-state index >= 15 is 0 Å². The number of thiophene rings is 1. The molecule has 0 bridgehead atoms. The molecule has 3 N–H and O–H groups in total. The molecule has 9 rings (SSSR count). The first kappa shape index (κ1) is 42.1. The summed E-state index contributed by atoms with van der Waals surface area (Å²) in [5.41, 5.74) is 9.56. The van der Waals surface area contributed by atoms with Crippen molar-refractivity contribution in [2.24, 2.45) is 0 Å². The molecule has 324 valence electrons. The lowest BCUT2D eigenvalue weighted by atomic mass is 10.0. The number of carbonyl (C=O) groups excluding carboxylic acids is 2. The fourth-order valence-corrected chi connectivity index (χ4v) is 10.8. The summed E-state index contributed by atoms with van der Waals surface area (Å²) in [6.45, 7) is 13.4. The Morgan fingerprint density at radius 1 is 0.952 bits per heavy atom. The third kappa shape index (κ3) is 8.14. The topological polar surface area (TPSA) is 174 Å². The molecule has 1 unspecified atom stereocenters. The summed E-state index contributed by atoms with van der Waals surface area (Å²) in [5.74, 6) is 1.25. The maximum absolute atomic E-state index is 14.3. The van der Waals surface area contributed by atoms with Crippen molar-refractivity contribution in [2.45, 2.75) is 84.5 Å². The summed E-state index contributed by atoms with van der Waals surface area (Å²) in [7, 11) is 0. The van der Waals surface area contributed by atoms with Gasteiger partial charge in [-0.2, -0.15) is 0 Å². The number of pyridine rings is 1. The van der Waals surface area contributed by atoms with E-state index in [1.165, 1.54) is 20.2 Å². The van der Waals surface area contributed by atoms with Gasteiger partial charge in [-0.1, -0.05) is 41.6 Å². The number of aliphatic hydroxyl groups excluding tert-OH is 1. The van der Waals surface area contributed by atoms with Crippen LogP contribution in [0.4, 0.5) is 16.5 Å². The molecule has 0 aliphatic carbocycles. The predicted octanol–water partition coefficient (Wildman–Crippen LogP) is 8.80. The summed E-state index contributed by atoms with van der Waals surface area (Å²) in [4.78, 5) is 45.8. The van der Waals surface area contributed by atoms with Gasteiger partial charge in [0.25, 0.3) is 0 Å². The second-order valence-corrected chi connectivity index (χ2v) is 18.7. The predicted molar refractivity (Wildman–Crippen MR) is 246 cm³/mol. The zero-order chi connectivity index (χ0) is 44.1. The average molecular weight is 884 g/mol. The molecule has 2 aromatic carbocycles.